The average Bonchev–Trinajstić information content (AvgIpc) is 1.68. The first-order valence-electron chi connectivity index (χ1n) is 1.73. The molecule has 0 fully saturated rings. The number of thiol groups is 1. The minimum atomic E-state index is -1.14. The Morgan fingerprint density at radius 3 is 2.29 bits per heavy atom. The van der Waals surface area contributed by atoms with E-state index in [0.29, 0.717) is 6.29 Å². The maximum Gasteiger partial charge on any atom is 0.153 e. The van der Waals surface area contributed by atoms with Crippen molar-refractivity contribution in [2.24, 2.45) is 5.73 Å². The Morgan fingerprint density at radius 2 is 2.29 bits per heavy atom. The Hall–Kier alpha value is -0.280. The zero-order valence-electron chi connectivity index (χ0n) is 3.79. The highest BCUT2D eigenvalue weighted by Crippen LogP contribution is 2.00. The van der Waals surface area contributed by atoms with Crippen LogP contribution in [0.2, 0.25) is 0 Å². The fraction of sp³-hybridized carbons (Fsp3) is 0.250. The highest BCUT2D eigenvalue weighted by atomic mass is 32.1. The molecule has 0 bridgehead atoms. The molecule has 0 aliphatic rings. The van der Waals surface area contributed by atoms with Gasteiger partial charge in [-0.25, -0.2) is 0 Å². The summed E-state index contributed by atoms with van der Waals surface area (Å²) in [6.07, 6.45) is 1.78. The molecule has 3 heteroatoms. The number of nitrogens with two attached hydrogens (primary N) is 1. The largest absolute Gasteiger partial charge is 0.308 e. The molecular formula is C4H7NOS. The lowest BCUT2D eigenvalue weighted by Gasteiger charge is -2.05. The molecule has 0 aromatic carbocycles. The number of carbonyl (C=O) groups excluding carboxylic acids is 1. The molecule has 0 amide bonds. The lowest BCUT2D eigenvalue weighted by atomic mass is 10.3. The minimum absolute atomic E-state index is 0.517. The predicted molar refractivity (Wildman–Crippen MR) is 32.2 cm³/mol. The van der Waals surface area contributed by atoms with Gasteiger partial charge in [-0.1, -0.05) is 12.7 Å². The van der Waals surface area contributed by atoms with Gasteiger partial charge in [0.15, 0.2) is 6.29 Å². The average molecular weight is 117 g/mol. The fourth-order valence-electron chi connectivity index (χ4n) is 0.0481. The Morgan fingerprint density at radius 1 is 1.86 bits per heavy atom. The van der Waals surface area contributed by atoms with Gasteiger partial charge >= 0.3 is 0 Å². The van der Waals surface area contributed by atoms with Gasteiger partial charge in [-0.3, -0.25) is 4.79 Å². The molecule has 0 spiro atoms. The van der Waals surface area contributed by atoms with Crippen molar-refractivity contribution in [1.29, 1.82) is 0 Å². The van der Waals surface area contributed by atoms with Gasteiger partial charge in [-0.15, -0.1) is 12.6 Å². The maximum absolute atomic E-state index is 9.78. The second kappa shape index (κ2) is 2.14. The zero-order chi connectivity index (χ0) is 5.91. The second-order valence-electron chi connectivity index (χ2n) is 1.21. The summed E-state index contributed by atoms with van der Waals surface area (Å²) < 4.78 is 0. The van der Waals surface area contributed by atoms with Crippen LogP contribution >= 0.6 is 12.6 Å². The first-order valence-corrected chi connectivity index (χ1v) is 2.18. The van der Waals surface area contributed by atoms with Crippen LogP contribution in [0.3, 0.4) is 0 Å². The van der Waals surface area contributed by atoms with Gasteiger partial charge in [0.1, 0.15) is 4.87 Å². The first kappa shape index (κ1) is 6.72. The Balaban J connectivity index is 3.82. The molecule has 0 aromatic rings. The van der Waals surface area contributed by atoms with Gasteiger partial charge in [-0.2, -0.15) is 0 Å². The van der Waals surface area contributed by atoms with Crippen LogP contribution < -0.4 is 5.73 Å². The number of aldehydes is 1. The summed E-state index contributed by atoms with van der Waals surface area (Å²) in [5.74, 6) is 0. The third-order valence-corrected chi connectivity index (χ3v) is 0.804. The van der Waals surface area contributed by atoms with Crippen LogP contribution in [0, 0.1) is 0 Å². The van der Waals surface area contributed by atoms with Crippen LogP contribution in [-0.2, 0) is 4.79 Å². The van der Waals surface area contributed by atoms with Crippen molar-refractivity contribution in [3.8, 4) is 0 Å². The van der Waals surface area contributed by atoms with Crippen molar-refractivity contribution in [2.75, 3.05) is 0 Å². The Kier molecular flexibility index (Phi) is 2.05. The van der Waals surface area contributed by atoms with E-state index >= 15 is 0 Å². The third kappa shape index (κ3) is 2.42. The summed E-state index contributed by atoms with van der Waals surface area (Å²) in [6, 6.07) is 0. The highest BCUT2D eigenvalue weighted by Gasteiger charge is 2.10. The molecular weight excluding hydrogens is 110 g/mol. The van der Waals surface area contributed by atoms with Crippen LogP contribution in [0.25, 0.3) is 0 Å². The number of hydrogen-bond donors (Lipinski definition) is 2. The van der Waals surface area contributed by atoms with Crippen LogP contribution in [0.4, 0.5) is 0 Å². The normalized spacial score (nSPS) is 17.4. The SMILES string of the molecule is C=C[C@@](N)(S)C=O. The number of hydrogen-bond acceptors (Lipinski definition) is 3. The molecule has 0 aromatic heterocycles. The minimum Gasteiger partial charge on any atom is -0.308 e. The van der Waals surface area contributed by atoms with E-state index in [1.807, 2.05) is 0 Å². The zero-order valence-corrected chi connectivity index (χ0v) is 4.69. The number of carbonyl (C=O) groups is 1. The van der Waals surface area contributed by atoms with Crippen molar-refractivity contribution in [3.63, 3.8) is 0 Å². The van der Waals surface area contributed by atoms with Crippen LogP contribution in [-0.4, -0.2) is 11.2 Å². The summed E-state index contributed by atoms with van der Waals surface area (Å²) >= 11 is 3.68. The molecule has 0 aliphatic heterocycles. The molecule has 2 nitrogen and oxygen atoms in total. The van der Waals surface area contributed by atoms with Gasteiger partial charge in [0, 0.05) is 0 Å². The molecule has 7 heavy (non-hydrogen) atoms. The van der Waals surface area contributed by atoms with E-state index in [1.54, 1.807) is 0 Å². The molecule has 0 unspecified atom stereocenters. The highest BCUT2D eigenvalue weighted by molar-refractivity contribution is 7.82. The van der Waals surface area contributed by atoms with Crippen molar-refractivity contribution in [3.05, 3.63) is 12.7 Å². The van der Waals surface area contributed by atoms with Gasteiger partial charge in [0.05, 0.1) is 0 Å². The van der Waals surface area contributed by atoms with Crippen LogP contribution in [0.5, 0.6) is 0 Å². The Bertz CT molecular complexity index is 79.7. The van der Waals surface area contributed by atoms with Crippen LogP contribution in [0.15, 0.2) is 12.7 Å². The molecule has 0 saturated carbocycles. The first-order chi connectivity index (χ1) is 3.12. The van der Waals surface area contributed by atoms with E-state index in [4.69, 9.17) is 5.73 Å². The molecule has 0 saturated heterocycles. The molecule has 0 aliphatic carbocycles. The molecule has 0 heterocycles. The summed E-state index contributed by atoms with van der Waals surface area (Å²) in [7, 11) is 0. The van der Waals surface area contributed by atoms with Crippen molar-refractivity contribution in [2.45, 2.75) is 4.87 Å². The summed E-state index contributed by atoms with van der Waals surface area (Å²) in [5.41, 5.74) is 5.09. The van der Waals surface area contributed by atoms with Crippen molar-refractivity contribution in [1.82, 2.24) is 0 Å². The maximum atomic E-state index is 9.78. The van der Waals surface area contributed by atoms with Gasteiger partial charge in [-0.05, 0) is 0 Å². The fourth-order valence-corrected chi connectivity index (χ4v) is 0.0481. The Labute approximate surface area is 47.8 Å². The summed E-state index contributed by atoms with van der Waals surface area (Å²) in [5, 5.41) is 0. The third-order valence-electron chi connectivity index (χ3n) is 0.516. The topological polar surface area (TPSA) is 43.1 Å². The second-order valence-corrected chi connectivity index (χ2v) is 1.98. The standard InChI is InChI=1S/C4H7NOS/c1-2-4(5,7)3-6/h2-3,7H,1,5H2/t4-/m1/s1. The van der Waals surface area contributed by atoms with E-state index in [9.17, 15) is 4.79 Å². The van der Waals surface area contributed by atoms with Gasteiger partial charge in [0.2, 0.25) is 0 Å². The molecule has 0 radical (unpaired) electrons. The molecule has 1 atom stereocenters. The summed E-state index contributed by atoms with van der Waals surface area (Å²) in [4.78, 5) is 8.65. The smallest absolute Gasteiger partial charge is 0.153 e. The summed E-state index contributed by atoms with van der Waals surface area (Å²) in [6.45, 7) is 3.27. The lowest BCUT2D eigenvalue weighted by Crippen LogP contribution is -2.31. The van der Waals surface area contributed by atoms with E-state index in [1.165, 1.54) is 6.08 Å². The van der Waals surface area contributed by atoms with E-state index in [-0.39, 0.29) is 0 Å². The predicted octanol–water partition coefficient (Wildman–Crippen LogP) is -0.0439. The van der Waals surface area contributed by atoms with Crippen molar-refractivity contribution < 1.29 is 4.79 Å². The van der Waals surface area contributed by atoms with Crippen molar-refractivity contribution >= 4 is 18.9 Å². The molecule has 40 valence electrons. The molecule has 2 N–H and O–H groups in total. The molecule has 0 rings (SSSR count). The van der Waals surface area contributed by atoms with Gasteiger partial charge in [0.25, 0.3) is 0 Å². The van der Waals surface area contributed by atoms with E-state index in [2.05, 4.69) is 19.2 Å². The van der Waals surface area contributed by atoms with Gasteiger partial charge < -0.3 is 5.73 Å². The number of rotatable bonds is 2. The van der Waals surface area contributed by atoms with E-state index in [0.717, 1.165) is 0 Å². The van der Waals surface area contributed by atoms with E-state index < -0.39 is 4.87 Å². The quantitative estimate of drug-likeness (QED) is 0.230. The monoisotopic (exact) mass is 117 g/mol. The van der Waals surface area contributed by atoms with Crippen LogP contribution in [0.1, 0.15) is 0 Å². The lowest BCUT2D eigenvalue weighted by molar-refractivity contribution is -0.108.